The van der Waals surface area contributed by atoms with E-state index in [1.807, 2.05) is 81.7 Å². The maximum atomic E-state index is 14.1. The molecule has 0 radical (unpaired) electrons. The van der Waals surface area contributed by atoms with Crippen LogP contribution in [0, 0.1) is 18.3 Å². The summed E-state index contributed by atoms with van der Waals surface area (Å²) >= 11 is 1.58. The predicted octanol–water partition coefficient (Wildman–Crippen LogP) is 9.39. The first-order chi connectivity index (χ1) is 30.7. The molecule has 0 spiro atoms. The number of carbonyl (C=O) groups excluding carboxylic acids is 4. The molecule has 3 atom stereocenters. The van der Waals surface area contributed by atoms with Gasteiger partial charge in [-0.2, -0.15) is 0 Å². The molecule has 6 rings (SSSR count). The Morgan fingerprint density at radius 1 is 0.891 bits per heavy atom. The lowest BCUT2D eigenvalue weighted by molar-refractivity contribution is -0.146. The van der Waals surface area contributed by atoms with E-state index in [2.05, 4.69) is 77.9 Å². The number of amides is 3. The maximum absolute atomic E-state index is 14.1. The highest BCUT2D eigenvalue weighted by atomic mass is 32.1. The Hall–Kier alpha value is -5.91. The van der Waals surface area contributed by atoms with Gasteiger partial charge in [0.1, 0.15) is 24.2 Å². The number of rotatable bonds is 19. The van der Waals surface area contributed by atoms with Crippen LogP contribution in [0.15, 0.2) is 115 Å². The molecule has 0 unspecified atom stereocenters. The zero-order valence-electron chi connectivity index (χ0n) is 38.0. The number of benzene rings is 4. The number of hydrogen-bond donors (Lipinski definition) is 2. The molecule has 1 aliphatic rings. The second-order valence-electron chi connectivity index (χ2n) is 17.7. The van der Waals surface area contributed by atoms with Gasteiger partial charge in [-0.25, -0.2) is 4.98 Å². The van der Waals surface area contributed by atoms with E-state index in [1.165, 1.54) is 21.6 Å². The summed E-state index contributed by atoms with van der Waals surface area (Å²) in [7, 11) is 1.73. The van der Waals surface area contributed by atoms with E-state index in [-0.39, 0.29) is 62.3 Å². The number of nitrogens with one attached hydrogen (secondary N) is 1. The standard InChI is InChI=1S/C53H62N4O6S/c1-7-45(38-15-10-8-11-16-38)49(39-17-12-9-13-18-39)40-25-27-44(28-26-40)63-30-29-56(6)48(60)20-14-19-42(58)31-46(53(3,4)5)52(62)57-34-43(59)32-47(57)51(61)54-33-37-21-23-41(24-22-37)50-36(2)55-35-64-50/h8-13,15-18,21-28,35,43,46-47,59H,7,14,19-20,29-34H2,1-6H3,(H,54,61)/b49-45-/t43-,46-,47+/m1/s1. The van der Waals surface area contributed by atoms with Gasteiger partial charge in [-0.3, -0.25) is 19.2 Å². The molecule has 4 aromatic carbocycles. The molecule has 336 valence electrons. The summed E-state index contributed by atoms with van der Waals surface area (Å²) in [5.41, 5.74) is 10.1. The second kappa shape index (κ2) is 22.1. The molecule has 1 fully saturated rings. The van der Waals surface area contributed by atoms with Crippen LogP contribution in [0.2, 0.25) is 0 Å². The van der Waals surface area contributed by atoms with Crippen LogP contribution in [0.3, 0.4) is 0 Å². The van der Waals surface area contributed by atoms with Crippen LogP contribution in [0.1, 0.15) is 94.2 Å². The van der Waals surface area contributed by atoms with Crippen molar-refractivity contribution in [2.24, 2.45) is 11.3 Å². The molecule has 1 aliphatic heterocycles. The van der Waals surface area contributed by atoms with E-state index >= 15 is 0 Å². The SMILES string of the molecule is CC/C(=C(\c1ccccc1)c1ccc(OCCN(C)C(=O)CCCC(=O)C[C@H](C(=O)N2C[C@H](O)C[C@H]2C(=O)NCc2ccc(-c3scnc3C)cc2)C(C)(C)C)cc1)c1ccccc1. The van der Waals surface area contributed by atoms with Crippen molar-refractivity contribution >= 4 is 46.0 Å². The van der Waals surface area contributed by atoms with Crippen molar-refractivity contribution < 1.29 is 29.0 Å². The molecule has 3 amide bonds. The van der Waals surface area contributed by atoms with E-state index in [9.17, 15) is 24.3 Å². The number of carbonyl (C=O) groups is 4. The number of aryl methyl sites for hydroxylation is 1. The van der Waals surface area contributed by atoms with Gasteiger partial charge in [0.2, 0.25) is 17.7 Å². The number of ketones is 1. The van der Waals surface area contributed by atoms with Crippen molar-refractivity contribution in [1.82, 2.24) is 20.1 Å². The molecular weight excluding hydrogens is 821 g/mol. The first kappa shape index (κ1) is 47.6. The summed E-state index contributed by atoms with van der Waals surface area (Å²) in [6.45, 7) is 10.9. The number of likely N-dealkylation sites (tertiary alicyclic amines) is 1. The number of β-amino-alcohol motifs (C(OH)–C–C–N with tert-alkyl or cyclic N) is 1. The number of allylic oxidation sites excluding steroid dienone is 1. The summed E-state index contributed by atoms with van der Waals surface area (Å²) < 4.78 is 6.06. The van der Waals surface area contributed by atoms with Gasteiger partial charge in [0.25, 0.3) is 0 Å². The number of Topliss-reactive ketones (excluding diaryl/α,β-unsaturated/α-hetero) is 1. The van der Waals surface area contributed by atoms with Gasteiger partial charge in [-0.1, -0.05) is 125 Å². The molecule has 10 nitrogen and oxygen atoms in total. The Morgan fingerprint density at radius 2 is 1.53 bits per heavy atom. The van der Waals surface area contributed by atoms with Crippen molar-refractivity contribution in [3.8, 4) is 16.2 Å². The van der Waals surface area contributed by atoms with Gasteiger partial charge in [0.15, 0.2) is 0 Å². The third kappa shape index (κ3) is 12.4. The van der Waals surface area contributed by atoms with Gasteiger partial charge >= 0.3 is 0 Å². The highest BCUT2D eigenvalue weighted by Gasteiger charge is 2.44. The van der Waals surface area contributed by atoms with Gasteiger partial charge in [-0.05, 0) is 76.3 Å². The zero-order chi connectivity index (χ0) is 45.8. The van der Waals surface area contributed by atoms with E-state index < -0.39 is 23.5 Å². The van der Waals surface area contributed by atoms with Crippen LogP contribution in [-0.4, -0.2) is 82.3 Å². The molecule has 64 heavy (non-hydrogen) atoms. The lowest BCUT2D eigenvalue weighted by Gasteiger charge is -2.34. The fraction of sp³-hybridized carbons (Fsp3) is 0.377. The Kier molecular flexibility index (Phi) is 16.4. The molecule has 11 heteroatoms. The summed E-state index contributed by atoms with van der Waals surface area (Å²) in [6.07, 6.45) is 0.836. The third-order valence-electron chi connectivity index (χ3n) is 12.0. The number of aromatic nitrogens is 1. The van der Waals surface area contributed by atoms with Crippen LogP contribution in [-0.2, 0) is 25.7 Å². The number of aliphatic hydroxyl groups is 1. The fourth-order valence-electron chi connectivity index (χ4n) is 8.31. The molecule has 2 N–H and O–H groups in total. The molecular formula is C53H62N4O6S. The lowest BCUT2D eigenvalue weighted by Crippen LogP contribution is -2.50. The largest absolute Gasteiger partial charge is 0.492 e. The van der Waals surface area contributed by atoms with Gasteiger partial charge in [0, 0.05) is 51.7 Å². The van der Waals surface area contributed by atoms with Gasteiger partial charge in [0.05, 0.1) is 28.7 Å². The van der Waals surface area contributed by atoms with E-state index in [0.717, 1.165) is 39.2 Å². The average Bonchev–Trinajstić information content (AvgIpc) is 3.91. The summed E-state index contributed by atoms with van der Waals surface area (Å²) in [4.78, 5) is 62.5. The van der Waals surface area contributed by atoms with Crippen molar-refractivity contribution in [3.63, 3.8) is 0 Å². The lowest BCUT2D eigenvalue weighted by atomic mass is 9.76. The minimum absolute atomic E-state index is 0.0137. The van der Waals surface area contributed by atoms with Crippen LogP contribution in [0.5, 0.6) is 5.75 Å². The molecule has 1 aromatic heterocycles. The highest BCUT2D eigenvalue weighted by Crippen LogP contribution is 2.36. The minimum atomic E-state index is -0.846. The van der Waals surface area contributed by atoms with Gasteiger partial charge in [-0.15, -0.1) is 11.3 Å². The zero-order valence-corrected chi connectivity index (χ0v) is 38.8. The van der Waals surface area contributed by atoms with Crippen molar-refractivity contribution in [3.05, 3.63) is 143 Å². The molecule has 0 saturated carbocycles. The van der Waals surface area contributed by atoms with Crippen LogP contribution >= 0.6 is 11.3 Å². The quantitative estimate of drug-likeness (QED) is 0.0792. The van der Waals surface area contributed by atoms with Crippen LogP contribution < -0.4 is 10.1 Å². The van der Waals surface area contributed by atoms with Crippen molar-refractivity contribution in [2.75, 3.05) is 26.7 Å². The molecule has 2 heterocycles. The maximum Gasteiger partial charge on any atom is 0.243 e. The smallest absolute Gasteiger partial charge is 0.243 e. The Labute approximate surface area is 382 Å². The number of ether oxygens (including phenoxy) is 1. The Morgan fingerprint density at radius 3 is 2.14 bits per heavy atom. The van der Waals surface area contributed by atoms with Gasteiger partial charge < -0.3 is 25.0 Å². The Bertz CT molecular complexity index is 2370. The number of nitrogens with zero attached hydrogens (tertiary/aromatic N) is 3. The predicted molar refractivity (Wildman–Crippen MR) is 255 cm³/mol. The van der Waals surface area contributed by atoms with Crippen molar-refractivity contribution in [1.29, 1.82) is 0 Å². The summed E-state index contributed by atoms with van der Waals surface area (Å²) in [5.74, 6) is -0.861. The number of hydrogen-bond acceptors (Lipinski definition) is 8. The topological polar surface area (TPSA) is 129 Å². The molecule has 0 aliphatic carbocycles. The minimum Gasteiger partial charge on any atom is -0.492 e. The summed E-state index contributed by atoms with van der Waals surface area (Å²) in [6, 6.07) is 36.0. The first-order valence-electron chi connectivity index (χ1n) is 22.3. The molecule has 0 bridgehead atoms. The highest BCUT2D eigenvalue weighted by molar-refractivity contribution is 7.13. The second-order valence-corrected chi connectivity index (χ2v) is 18.6. The van der Waals surface area contributed by atoms with E-state index in [4.69, 9.17) is 4.74 Å². The number of aliphatic hydroxyl groups excluding tert-OH is 1. The van der Waals surface area contributed by atoms with Crippen LogP contribution in [0.4, 0.5) is 0 Å². The van der Waals surface area contributed by atoms with Crippen LogP contribution in [0.25, 0.3) is 21.6 Å². The van der Waals surface area contributed by atoms with E-state index in [1.54, 1.807) is 23.3 Å². The summed E-state index contributed by atoms with van der Waals surface area (Å²) in [5, 5.41) is 13.6. The molecule has 1 saturated heterocycles. The average molecular weight is 883 g/mol. The third-order valence-corrected chi connectivity index (χ3v) is 13.0. The number of likely N-dealkylation sites (N-methyl/N-ethyl adjacent to an activating group) is 1. The van der Waals surface area contributed by atoms with Crippen molar-refractivity contribution in [2.45, 2.75) is 91.8 Å². The van der Waals surface area contributed by atoms with E-state index in [0.29, 0.717) is 25.3 Å². The molecule has 5 aromatic rings. The monoisotopic (exact) mass is 882 g/mol. The fourth-order valence-corrected chi connectivity index (χ4v) is 9.13. The first-order valence-corrected chi connectivity index (χ1v) is 23.2. The normalized spacial score (nSPS) is 15.9. The number of thiazole rings is 1. The Balaban J connectivity index is 0.963.